The van der Waals surface area contributed by atoms with E-state index in [1.54, 1.807) is 0 Å². The standard InChI is InChI=1S/C18H16ClF3N2O6S/c1-24(31(27,28)13-5-2-11(20)3-6-13)9-17(26)29-10-16(25)23-12-4-7-15(14(19)8-12)30-18(21)22/h2-8,18H,9-10H2,1H3,(H,23,25). The van der Waals surface area contributed by atoms with E-state index in [9.17, 15) is 31.2 Å². The van der Waals surface area contributed by atoms with Crippen LogP contribution in [0, 0.1) is 5.82 Å². The molecule has 0 aromatic heterocycles. The van der Waals surface area contributed by atoms with E-state index in [4.69, 9.17) is 16.3 Å². The zero-order chi connectivity index (χ0) is 23.2. The SMILES string of the molecule is CN(CC(=O)OCC(=O)Nc1ccc(OC(F)F)c(Cl)c1)S(=O)(=O)c1ccc(F)cc1. The molecule has 0 atom stereocenters. The van der Waals surface area contributed by atoms with Gasteiger partial charge in [-0.2, -0.15) is 13.1 Å². The smallest absolute Gasteiger partial charge is 0.387 e. The quantitative estimate of drug-likeness (QED) is 0.554. The van der Waals surface area contributed by atoms with Crippen molar-refractivity contribution in [1.29, 1.82) is 0 Å². The Morgan fingerprint density at radius 1 is 1.16 bits per heavy atom. The number of ether oxygens (including phenoxy) is 2. The van der Waals surface area contributed by atoms with Crippen molar-refractivity contribution in [1.82, 2.24) is 4.31 Å². The number of sulfonamides is 1. The van der Waals surface area contributed by atoms with E-state index in [0.29, 0.717) is 4.31 Å². The van der Waals surface area contributed by atoms with Gasteiger partial charge in [-0.25, -0.2) is 12.8 Å². The molecule has 0 aliphatic rings. The second-order valence-electron chi connectivity index (χ2n) is 5.95. The van der Waals surface area contributed by atoms with Crippen LogP contribution in [0.3, 0.4) is 0 Å². The minimum atomic E-state index is -4.07. The highest BCUT2D eigenvalue weighted by Crippen LogP contribution is 2.28. The Morgan fingerprint density at radius 2 is 1.81 bits per heavy atom. The number of hydrogen-bond acceptors (Lipinski definition) is 6. The van der Waals surface area contributed by atoms with Gasteiger partial charge in [0.25, 0.3) is 5.91 Å². The second kappa shape index (κ2) is 10.5. The Balaban J connectivity index is 1.87. The summed E-state index contributed by atoms with van der Waals surface area (Å²) in [6.07, 6.45) is 0. The molecule has 13 heteroatoms. The predicted molar refractivity (Wildman–Crippen MR) is 104 cm³/mol. The number of benzene rings is 2. The van der Waals surface area contributed by atoms with Gasteiger partial charge in [-0.05, 0) is 42.5 Å². The number of likely N-dealkylation sites (N-methyl/N-ethyl adjacent to an activating group) is 1. The van der Waals surface area contributed by atoms with Crippen molar-refractivity contribution in [3.05, 3.63) is 53.3 Å². The zero-order valence-electron chi connectivity index (χ0n) is 15.8. The lowest BCUT2D eigenvalue weighted by atomic mass is 10.3. The normalized spacial score (nSPS) is 11.5. The van der Waals surface area contributed by atoms with Gasteiger partial charge in [-0.1, -0.05) is 11.6 Å². The number of halogens is 4. The van der Waals surface area contributed by atoms with Crippen LogP contribution in [0.2, 0.25) is 5.02 Å². The maximum atomic E-state index is 12.9. The Bertz CT molecular complexity index is 1050. The highest BCUT2D eigenvalue weighted by atomic mass is 35.5. The van der Waals surface area contributed by atoms with Gasteiger partial charge in [0.05, 0.1) is 9.92 Å². The fourth-order valence-corrected chi connectivity index (χ4v) is 3.55. The average Bonchev–Trinajstić information content (AvgIpc) is 2.68. The Hall–Kier alpha value is -2.83. The van der Waals surface area contributed by atoms with Crippen molar-refractivity contribution in [3.63, 3.8) is 0 Å². The van der Waals surface area contributed by atoms with Crippen LogP contribution < -0.4 is 10.1 Å². The van der Waals surface area contributed by atoms with Gasteiger partial charge in [0.2, 0.25) is 10.0 Å². The number of esters is 1. The molecule has 2 aromatic carbocycles. The minimum Gasteiger partial charge on any atom is -0.455 e. The third-order valence-corrected chi connectivity index (χ3v) is 5.78. The van der Waals surface area contributed by atoms with Gasteiger partial charge < -0.3 is 14.8 Å². The summed E-state index contributed by atoms with van der Waals surface area (Å²) in [5, 5.41) is 2.14. The molecule has 0 aliphatic carbocycles. The van der Waals surface area contributed by atoms with Gasteiger partial charge >= 0.3 is 12.6 Å². The molecule has 8 nitrogen and oxygen atoms in total. The van der Waals surface area contributed by atoms with Crippen molar-refractivity contribution in [2.45, 2.75) is 11.5 Å². The van der Waals surface area contributed by atoms with Crippen LogP contribution in [0.5, 0.6) is 5.75 Å². The summed E-state index contributed by atoms with van der Waals surface area (Å²) in [6, 6.07) is 7.52. The van der Waals surface area contributed by atoms with Crippen LogP contribution in [-0.2, 0) is 24.3 Å². The lowest BCUT2D eigenvalue weighted by molar-refractivity contribution is -0.147. The number of nitrogens with zero attached hydrogens (tertiary/aromatic N) is 1. The van der Waals surface area contributed by atoms with Gasteiger partial charge in [-0.3, -0.25) is 9.59 Å². The summed E-state index contributed by atoms with van der Waals surface area (Å²) in [7, 11) is -2.95. The van der Waals surface area contributed by atoms with Crippen LogP contribution >= 0.6 is 11.6 Å². The van der Waals surface area contributed by atoms with Crippen molar-refractivity contribution < 1.29 is 40.7 Å². The molecule has 0 unspecified atom stereocenters. The predicted octanol–water partition coefficient (Wildman–Crippen LogP) is 2.88. The van der Waals surface area contributed by atoms with Gasteiger partial charge in [0.15, 0.2) is 6.61 Å². The first-order valence-electron chi connectivity index (χ1n) is 8.41. The molecule has 0 bridgehead atoms. The molecule has 2 aromatic rings. The van der Waals surface area contributed by atoms with Crippen molar-refractivity contribution >= 4 is 39.2 Å². The number of alkyl halides is 2. The molecule has 2 rings (SSSR count). The molecule has 0 saturated heterocycles. The second-order valence-corrected chi connectivity index (χ2v) is 8.40. The van der Waals surface area contributed by atoms with Crippen LogP contribution in [-0.4, -0.2) is 51.4 Å². The van der Waals surface area contributed by atoms with Crippen LogP contribution in [0.15, 0.2) is 47.4 Å². The summed E-state index contributed by atoms with van der Waals surface area (Å²) >= 11 is 5.77. The minimum absolute atomic E-state index is 0.128. The maximum Gasteiger partial charge on any atom is 0.387 e. The monoisotopic (exact) mass is 480 g/mol. The van der Waals surface area contributed by atoms with Gasteiger partial charge in [0.1, 0.15) is 18.1 Å². The summed E-state index contributed by atoms with van der Waals surface area (Å²) < 4.78 is 71.6. The number of carbonyl (C=O) groups excluding carboxylic acids is 2. The third-order valence-electron chi connectivity index (χ3n) is 3.67. The summed E-state index contributed by atoms with van der Waals surface area (Å²) in [5.41, 5.74) is 0.128. The number of carbonyl (C=O) groups is 2. The molecule has 1 amide bonds. The molecular formula is C18H16ClF3N2O6S. The van der Waals surface area contributed by atoms with E-state index in [2.05, 4.69) is 10.1 Å². The van der Waals surface area contributed by atoms with Crippen LogP contribution in [0.25, 0.3) is 0 Å². The first-order chi connectivity index (χ1) is 14.5. The highest BCUT2D eigenvalue weighted by Gasteiger charge is 2.24. The number of hydrogen-bond donors (Lipinski definition) is 1. The fraction of sp³-hybridized carbons (Fsp3) is 0.222. The lowest BCUT2D eigenvalue weighted by Gasteiger charge is -2.16. The molecule has 0 aliphatic heterocycles. The highest BCUT2D eigenvalue weighted by molar-refractivity contribution is 7.89. The Kier molecular flexibility index (Phi) is 8.25. The van der Waals surface area contributed by atoms with Gasteiger partial charge in [-0.15, -0.1) is 0 Å². The molecule has 0 heterocycles. The van der Waals surface area contributed by atoms with Crippen LogP contribution in [0.1, 0.15) is 0 Å². The zero-order valence-corrected chi connectivity index (χ0v) is 17.4. The van der Waals surface area contributed by atoms with Crippen LogP contribution in [0.4, 0.5) is 18.9 Å². The Labute approximate surface area is 180 Å². The van der Waals surface area contributed by atoms with E-state index >= 15 is 0 Å². The van der Waals surface area contributed by atoms with E-state index < -0.39 is 47.5 Å². The average molecular weight is 481 g/mol. The van der Waals surface area contributed by atoms with E-state index in [1.165, 1.54) is 6.07 Å². The molecule has 0 spiro atoms. The summed E-state index contributed by atoms with van der Waals surface area (Å²) in [4.78, 5) is 23.5. The number of rotatable bonds is 9. The maximum absolute atomic E-state index is 12.9. The van der Waals surface area contributed by atoms with E-state index in [0.717, 1.165) is 43.4 Å². The summed E-state index contributed by atoms with van der Waals surface area (Å²) in [5.74, 6) is -2.70. The first-order valence-corrected chi connectivity index (χ1v) is 10.2. The topological polar surface area (TPSA) is 102 Å². The molecular weight excluding hydrogens is 465 g/mol. The molecule has 31 heavy (non-hydrogen) atoms. The van der Waals surface area contributed by atoms with Crippen molar-refractivity contribution in [3.8, 4) is 5.75 Å². The third kappa shape index (κ3) is 7.12. The molecule has 1 N–H and O–H groups in total. The van der Waals surface area contributed by atoms with Gasteiger partial charge in [0, 0.05) is 12.7 Å². The number of amides is 1. The number of anilines is 1. The lowest BCUT2D eigenvalue weighted by Crippen LogP contribution is -2.34. The summed E-state index contributed by atoms with van der Waals surface area (Å²) in [6.45, 7) is -4.50. The molecule has 0 saturated carbocycles. The van der Waals surface area contributed by atoms with E-state index in [1.807, 2.05) is 0 Å². The first kappa shape index (κ1) is 24.4. The van der Waals surface area contributed by atoms with E-state index in [-0.39, 0.29) is 21.4 Å². The largest absolute Gasteiger partial charge is 0.455 e. The molecule has 0 fully saturated rings. The Morgan fingerprint density at radius 3 is 2.39 bits per heavy atom. The van der Waals surface area contributed by atoms with Crippen molar-refractivity contribution in [2.75, 3.05) is 25.5 Å². The fourth-order valence-electron chi connectivity index (χ4n) is 2.21. The molecule has 168 valence electrons. The number of nitrogens with one attached hydrogen (secondary N) is 1. The van der Waals surface area contributed by atoms with Crippen molar-refractivity contribution in [2.24, 2.45) is 0 Å². The molecule has 0 radical (unpaired) electrons.